The van der Waals surface area contributed by atoms with Gasteiger partial charge in [-0.3, -0.25) is 9.79 Å². The van der Waals surface area contributed by atoms with Gasteiger partial charge >= 0.3 is 7.12 Å². The van der Waals surface area contributed by atoms with Gasteiger partial charge in [0.25, 0.3) is 0 Å². The van der Waals surface area contributed by atoms with Crippen molar-refractivity contribution in [1.29, 1.82) is 0 Å². The number of guanidine groups is 1. The third-order valence-corrected chi connectivity index (χ3v) is 5.58. The fourth-order valence-corrected chi connectivity index (χ4v) is 4.02. The maximum absolute atomic E-state index is 12.5. The number of benzene rings is 1. The van der Waals surface area contributed by atoms with E-state index >= 15 is 0 Å². The third kappa shape index (κ3) is 4.94. The molecule has 1 aromatic rings. The van der Waals surface area contributed by atoms with Gasteiger partial charge in [0.05, 0.1) is 5.94 Å². The van der Waals surface area contributed by atoms with Crippen molar-refractivity contribution in [3.8, 4) is 5.75 Å². The van der Waals surface area contributed by atoms with Crippen molar-refractivity contribution in [3.05, 3.63) is 29.3 Å². The van der Waals surface area contributed by atoms with Gasteiger partial charge in [-0.05, 0) is 56.1 Å². The van der Waals surface area contributed by atoms with Crippen molar-refractivity contribution >= 4 is 19.0 Å². The molecule has 0 radical (unpaired) electrons. The Kier molecular flexibility index (Phi) is 6.26. The van der Waals surface area contributed by atoms with Crippen LogP contribution in [0.15, 0.2) is 23.2 Å². The van der Waals surface area contributed by atoms with Crippen LogP contribution in [0.1, 0.15) is 43.2 Å². The van der Waals surface area contributed by atoms with Crippen molar-refractivity contribution in [3.63, 3.8) is 0 Å². The van der Waals surface area contributed by atoms with Gasteiger partial charge in [0.1, 0.15) is 5.75 Å². The van der Waals surface area contributed by atoms with Crippen LogP contribution >= 0.6 is 0 Å². The topological polar surface area (TPSA) is 109 Å². The number of aryl methyl sites for hydroxylation is 1. The highest BCUT2D eigenvalue weighted by Crippen LogP contribution is 2.30. The summed E-state index contributed by atoms with van der Waals surface area (Å²) in [6.45, 7) is 1.95. The number of fused-ring (bicyclic) bond motifs is 1. The van der Waals surface area contributed by atoms with Crippen LogP contribution in [0.25, 0.3) is 0 Å². The maximum atomic E-state index is 12.5. The van der Waals surface area contributed by atoms with Crippen LogP contribution in [0.3, 0.4) is 0 Å². The molecule has 8 heteroatoms. The zero-order valence-electron chi connectivity index (χ0n) is 16.1. The van der Waals surface area contributed by atoms with Crippen LogP contribution in [0.5, 0.6) is 5.75 Å². The lowest BCUT2D eigenvalue weighted by atomic mass is 9.72. The Labute approximate surface area is 160 Å². The van der Waals surface area contributed by atoms with E-state index in [-0.39, 0.29) is 5.91 Å². The van der Waals surface area contributed by atoms with Gasteiger partial charge in [0.15, 0.2) is 5.96 Å². The standard InChI is InChI=1S/C19H29BN4O3/c1-12-4-3-5-14-11-16(20(26)27-18(12)14)24-17(25)10-13-6-8-15(9-7-13)23-19(21)22-2/h3-5,13,15-16,26H,6-11H2,1-2H3,(H,24,25)(H3,21,22,23)/t13?,15?,16-/m0/s1. The van der Waals surface area contributed by atoms with Crippen LogP contribution < -0.4 is 21.0 Å². The molecule has 146 valence electrons. The zero-order valence-corrected chi connectivity index (χ0v) is 16.1. The lowest BCUT2D eigenvalue weighted by molar-refractivity contribution is -0.122. The Morgan fingerprint density at radius 1 is 1.33 bits per heavy atom. The first-order valence-electron chi connectivity index (χ1n) is 9.67. The van der Waals surface area contributed by atoms with Gasteiger partial charge in [-0.15, -0.1) is 0 Å². The summed E-state index contributed by atoms with van der Waals surface area (Å²) in [5.41, 5.74) is 7.74. The van der Waals surface area contributed by atoms with Crippen LogP contribution in [-0.2, 0) is 11.2 Å². The van der Waals surface area contributed by atoms with Crippen LogP contribution in [0, 0.1) is 12.8 Å². The average Bonchev–Trinajstić information content (AvgIpc) is 2.65. The number of nitrogens with zero attached hydrogens (tertiary/aromatic N) is 1. The van der Waals surface area contributed by atoms with Crippen LogP contribution in [0.2, 0.25) is 0 Å². The van der Waals surface area contributed by atoms with E-state index in [9.17, 15) is 9.82 Å². The molecule has 2 aliphatic rings. The second-order valence-electron chi connectivity index (χ2n) is 7.62. The van der Waals surface area contributed by atoms with Gasteiger partial charge in [0.2, 0.25) is 5.91 Å². The predicted molar refractivity (Wildman–Crippen MR) is 106 cm³/mol. The van der Waals surface area contributed by atoms with E-state index in [1.807, 2.05) is 25.1 Å². The number of aliphatic imine (C=N–C) groups is 1. The molecule has 1 amide bonds. The van der Waals surface area contributed by atoms with Crippen molar-refractivity contribution in [1.82, 2.24) is 10.6 Å². The summed E-state index contributed by atoms with van der Waals surface area (Å²) in [6.07, 6.45) is 4.98. The van der Waals surface area contributed by atoms with Gasteiger partial charge in [-0.1, -0.05) is 18.2 Å². The predicted octanol–water partition coefficient (Wildman–Crippen LogP) is 0.917. The van der Waals surface area contributed by atoms with Gasteiger partial charge in [-0.2, -0.15) is 0 Å². The van der Waals surface area contributed by atoms with E-state index in [2.05, 4.69) is 15.6 Å². The second kappa shape index (κ2) is 8.65. The number of rotatable bonds is 4. The zero-order chi connectivity index (χ0) is 19.4. The Balaban J connectivity index is 1.47. The van der Waals surface area contributed by atoms with Crippen LogP contribution in [0.4, 0.5) is 0 Å². The molecule has 0 aromatic heterocycles. The number of nitrogens with one attached hydrogen (secondary N) is 2. The molecule has 0 unspecified atom stereocenters. The molecular weight excluding hydrogens is 343 g/mol. The molecule has 1 aromatic carbocycles. The fraction of sp³-hybridized carbons (Fsp3) is 0.579. The molecule has 1 heterocycles. The second-order valence-corrected chi connectivity index (χ2v) is 7.62. The summed E-state index contributed by atoms with van der Waals surface area (Å²) in [5.74, 6) is 1.13. The molecule has 0 spiro atoms. The molecule has 1 aliphatic heterocycles. The summed E-state index contributed by atoms with van der Waals surface area (Å²) >= 11 is 0. The monoisotopic (exact) mass is 372 g/mol. The number of hydrogen-bond acceptors (Lipinski definition) is 4. The molecule has 0 saturated heterocycles. The number of amides is 1. The Morgan fingerprint density at radius 2 is 2.07 bits per heavy atom. The van der Waals surface area contributed by atoms with Crippen molar-refractivity contribution in [2.24, 2.45) is 16.6 Å². The SMILES string of the molecule is CN=C(N)NC1CCC(CC(=O)N[C@H]2Cc3cccc(C)c3OB2O)CC1. The minimum Gasteiger partial charge on any atom is -0.534 e. The van der Waals surface area contributed by atoms with Gasteiger partial charge in [-0.25, -0.2) is 0 Å². The average molecular weight is 372 g/mol. The Hall–Kier alpha value is -2.22. The first kappa shape index (κ1) is 19.5. The smallest absolute Gasteiger partial charge is 0.534 e. The van der Waals surface area contributed by atoms with E-state index in [0.29, 0.717) is 30.8 Å². The van der Waals surface area contributed by atoms with Crippen molar-refractivity contribution in [2.45, 2.75) is 57.4 Å². The summed E-state index contributed by atoms with van der Waals surface area (Å²) in [5, 5.41) is 16.4. The number of nitrogens with two attached hydrogens (primary N) is 1. The third-order valence-electron chi connectivity index (χ3n) is 5.58. The van der Waals surface area contributed by atoms with Crippen LogP contribution in [-0.4, -0.2) is 43.0 Å². The lowest BCUT2D eigenvalue weighted by Crippen LogP contribution is -2.53. The summed E-state index contributed by atoms with van der Waals surface area (Å²) in [7, 11) is 0.653. The summed E-state index contributed by atoms with van der Waals surface area (Å²) in [6, 6.07) is 6.24. The highest BCUT2D eigenvalue weighted by molar-refractivity contribution is 6.46. The van der Waals surface area contributed by atoms with E-state index in [4.69, 9.17) is 10.4 Å². The minimum absolute atomic E-state index is 0.0233. The van der Waals surface area contributed by atoms with Crippen molar-refractivity contribution in [2.75, 3.05) is 7.05 Å². The molecule has 5 N–H and O–H groups in total. The fourth-order valence-electron chi connectivity index (χ4n) is 4.02. The molecule has 1 fully saturated rings. The van der Waals surface area contributed by atoms with E-state index < -0.39 is 13.1 Å². The highest BCUT2D eigenvalue weighted by Gasteiger charge is 2.36. The first-order chi connectivity index (χ1) is 13.0. The number of hydrogen-bond donors (Lipinski definition) is 4. The molecule has 1 atom stereocenters. The van der Waals surface area contributed by atoms with E-state index in [0.717, 1.165) is 42.6 Å². The summed E-state index contributed by atoms with van der Waals surface area (Å²) < 4.78 is 5.64. The molecule has 27 heavy (non-hydrogen) atoms. The molecular formula is C19H29BN4O3. The highest BCUT2D eigenvalue weighted by atomic mass is 16.5. The quantitative estimate of drug-likeness (QED) is 0.357. The molecule has 1 aliphatic carbocycles. The summed E-state index contributed by atoms with van der Waals surface area (Å²) in [4.78, 5) is 16.4. The van der Waals surface area contributed by atoms with E-state index in [1.54, 1.807) is 7.05 Å². The van der Waals surface area contributed by atoms with E-state index in [1.165, 1.54) is 0 Å². The molecule has 3 rings (SSSR count). The largest absolute Gasteiger partial charge is 0.547 e. The molecule has 1 saturated carbocycles. The number of carbonyl (C=O) groups excluding carboxylic acids is 1. The Bertz CT molecular complexity index is 704. The van der Waals surface area contributed by atoms with Gasteiger partial charge < -0.3 is 26.0 Å². The number of carbonyl (C=O) groups is 1. The first-order valence-corrected chi connectivity index (χ1v) is 9.67. The normalized spacial score (nSPS) is 25.4. The molecule has 7 nitrogen and oxygen atoms in total. The Morgan fingerprint density at radius 3 is 2.78 bits per heavy atom. The van der Waals surface area contributed by atoms with Crippen molar-refractivity contribution < 1.29 is 14.5 Å². The minimum atomic E-state index is -1.02. The molecule has 0 bridgehead atoms. The number of para-hydroxylation sites is 1. The maximum Gasteiger partial charge on any atom is 0.547 e. The lowest BCUT2D eigenvalue weighted by Gasteiger charge is -2.31. The van der Waals surface area contributed by atoms with Gasteiger partial charge in [0, 0.05) is 19.5 Å².